The van der Waals surface area contributed by atoms with Gasteiger partial charge in [-0.15, -0.1) is 0 Å². The van der Waals surface area contributed by atoms with Crippen LogP contribution >= 0.6 is 0 Å². The number of fused-ring (bicyclic) bond motifs is 4. The maximum Gasteiger partial charge on any atom is 0.327 e. The van der Waals surface area contributed by atoms with E-state index < -0.39 is 72.0 Å². The molecule has 47 heavy (non-hydrogen) atoms. The molecule has 3 aliphatic heterocycles. The molecule has 4 fully saturated rings. The van der Waals surface area contributed by atoms with E-state index in [0.29, 0.717) is 6.42 Å². The Labute approximate surface area is 273 Å². The first-order chi connectivity index (χ1) is 22.5. The molecule has 2 aromatic rings. The standard InChI is InChI=1S/C35H42N2O10/c1-34(2,3)46-27(40)15-14-24(19-38)36-33(42)35-17-26-28-29(44-20-43-28)31(35)47-37(30(35)32(41)45-26)18-22-10-6-8-21(16-22)9-7-12-23-11-4-5-13-25(23)39/h4-11,13,16,24,26,28-31,38-39H,12,14-15,17-20H2,1-3H3,(H,36,42). The van der Waals surface area contributed by atoms with Gasteiger partial charge >= 0.3 is 11.9 Å². The van der Waals surface area contributed by atoms with E-state index in [1.807, 2.05) is 48.6 Å². The van der Waals surface area contributed by atoms with Crippen molar-refractivity contribution in [1.29, 1.82) is 0 Å². The van der Waals surface area contributed by atoms with Crippen LogP contribution in [-0.2, 0) is 51.1 Å². The minimum atomic E-state index is -1.39. The Kier molecular flexibility index (Phi) is 9.41. The molecular formula is C35H42N2O10. The largest absolute Gasteiger partial charge is 0.508 e. The number of aliphatic hydroxyl groups is 1. The van der Waals surface area contributed by atoms with Crippen LogP contribution in [0.3, 0.4) is 0 Å². The molecule has 3 saturated heterocycles. The average molecular weight is 651 g/mol. The number of allylic oxidation sites excluding steroid dienone is 1. The molecule has 0 radical (unpaired) electrons. The number of phenols is 1. The minimum Gasteiger partial charge on any atom is -0.508 e. The molecule has 1 saturated carbocycles. The average Bonchev–Trinajstić information content (AvgIpc) is 3.64. The second kappa shape index (κ2) is 13.4. The lowest BCUT2D eigenvalue weighted by molar-refractivity contribution is -0.201. The van der Waals surface area contributed by atoms with Gasteiger partial charge in [0.1, 0.15) is 48.0 Å². The highest BCUT2D eigenvalue weighted by Crippen LogP contribution is 2.55. The van der Waals surface area contributed by atoms with Gasteiger partial charge in [-0.1, -0.05) is 54.6 Å². The van der Waals surface area contributed by atoms with Crippen LogP contribution in [0.2, 0.25) is 0 Å². The van der Waals surface area contributed by atoms with Gasteiger partial charge in [-0.25, -0.2) is 0 Å². The van der Waals surface area contributed by atoms with Gasteiger partial charge in [0.05, 0.1) is 19.2 Å². The zero-order valence-corrected chi connectivity index (χ0v) is 26.8. The molecule has 4 aliphatic rings. The maximum absolute atomic E-state index is 14.3. The fourth-order valence-electron chi connectivity index (χ4n) is 7.03. The number of amides is 1. The van der Waals surface area contributed by atoms with E-state index in [2.05, 4.69) is 5.32 Å². The summed E-state index contributed by atoms with van der Waals surface area (Å²) in [5, 5.41) is 24.6. The molecule has 6 rings (SSSR count). The van der Waals surface area contributed by atoms with Crippen molar-refractivity contribution in [3.05, 3.63) is 71.3 Å². The van der Waals surface area contributed by atoms with Gasteiger partial charge < -0.3 is 34.5 Å². The quantitative estimate of drug-likeness (QED) is 0.308. The molecule has 3 heterocycles. The van der Waals surface area contributed by atoms with E-state index in [1.54, 1.807) is 32.9 Å². The second-order valence-corrected chi connectivity index (χ2v) is 13.6. The van der Waals surface area contributed by atoms with Gasteiger partial charge in [-0.3, -0.25) is 19.2 Å². The number of aliphatic hydroxyl groups excluding tert-OH is 1. The molecule has 0 aromatic heterocycles. The number of benzene rings is 2. The maximum atomic E-state index is 14.3. The Morgan fingerprint density at radius 2 is 1.94 bits per heavy atom. The van der Waals surface area contributed by atoms with Crippen LogP contribution in [0.15, 0.2) is 54.6 Å². The molecule has 3 N–H and O–H groups in total. The number of carbonyl (C=O) groups is 3. The number of ether oxygens (including phenoxy) is 4. The van der Waals surface area contributed by atoms with Gasteiger partial charge in [-0.2, -0.15) is 5.06 Å². The third kappa shape index (κ3) is 6.79. The van der Waals surface area contributed by atoms with Gasteiger partial charge in [0.15, 0.2) is 6.04 Å². The third-order valence-electron chi connectivity index (χ3n) is 9.10. The van der Waals surface area contributed by atoms with Gasteiger partial charge in [-0.05, 0) is 56.4 Å². The highest BCUT2D eigenvalue weighted by Gasteiger charge is 2.74. The Hall–Kier alpha value is -3.81. The lowest BCUT2D eigenvalue weighted by Crippen LogP contribution is -2.70. The highest BCUT2D eigenvalue weighted by atomic mass is 16.8. The Morgan fingerprint density at radius 1 is 1.15 bits per heavy atom. The Morgan fingerprint density at radius 3 is 2.70 bits per heavy atom. The van der Waals surface area contributed by atoms with Crippen molar-refractivity contribution in [3.8, 4) is 5.75 Å². The summed E-state index contributed by atoms with van der Waals surface area (Å²) in [6, 6.07) is 13.1. The fraction of sp³-hybridized carbons (Fsp3) is 0.514. The number of aromatic hydroxyl groups is 1. The molecule has 12 nitrogen and oxygen atoms in total. The van der Waals surface area contributed by atoms with E-state index in [0.717, 1.165) is 16.7 Å². The Balaban J connectivity index is 1.21. The van der Waals surface area contributed by atoms with Crippen molar-refractivity contribution >= 4 is 23.9 Å². The van der Waals surface area contributed by atoms with Crippen LogP contribution in [0.25, 0.3) is 6.08 Å². The number of esters is 2. The number of phenolic OH excluding ortho intramolecular Hbond substituents is 1. The van der Waals surface area contributed by atoms with E-state index in [4.69, 9.17) is 23.8 Å². The van der Waals surface area contributed by atoms with Crippen LogP contribution < -0.4 is 5.32 Å². The predicted octanol–water partition coefficient (Wildman–Crippen LogP) is 2.79. The normalized spacial score (nSPS) is 28.9. The van der Waals surface area contributed by atoms with Gasteiger partial charge in [0, 0.05) is 12.8 Å². The second-order valence-electron chi connectivity index (χ2n) is 13.6. The zero-order valence-electron chi connectivity index (χ0n) is 26.8. The summed E-state index contributed by atoms with van der Waals surface area (Å²) in [5.41, 5.74) is 0.523. The van der Waals surface area contributed by atoms with Gasteiger partial charge in [0.25, 0.3) is 0 Å². The van der Waals surface area contributed by atoms with Crippen LogP contribution in [-0.4, -0.2) is 88.6 Å². The van der Waals surface area contributed by atoms with Crippen LogP contribution in [0.1, 0.15) is 56.7 Å². The summed E-state index contributed by atoms with van der Waals surface area (Å²) in [7, 11) is 0. The van der Waals surface area contributed by atoms with Crippen LogP contribution in [0.4, 0.5) is 0 Å². The first-order valence-electron chi connectivity index (χ1n) is 16.0. The number of rotatable bonds is 11. The van der Waals surface area contributed by atoms with E-state index in [1.165, 1.54) is 5.06 Å². The third-order valence-corrected chi connectivity index (χ3v) is 9.10. The number of hydroxylamine groups is 2. The molecule has 2 aromatic carbocycles. The molecule has 7 unspecified atom stereocenters. The monoisotopic (exact) mass is 650 g/mol. The molecule has 7 atom stereocenters. The number of carbonyl (C=O) groups excluding carboxylic acids is 3. The molecular weight excluding hydrogens is 608 g/mol. The summed E-state index contributed by atoms with van der Waals surface area (Å²) in [4.78, 5) is 46.8. The van der Waals surface area contributed by atoms with Crippen LogP contribution in [0, 0.1) is 5.41 Å². The summed E-state index contributed by atoms with van der Waals surface area (Å²) in [6.07, 6.45) is 1.98. The van der Waals surface area contributed by atoms with Crippen molar-refractivity contribution in [3.63, 3.8) is 0 Å². The Bertz CT molecular complexity index is 1520. The van der Waals surface area contributed by atoms with Crippen LogP contribution in [0.5, 0.6) is 5.75 Å². The molecule has 2 bridgehead atoms. The highest BCUT2D eigenvalue weighted by molar-refractivity contribution is 5.93. The number of hydrogen-bond donors (Lipinski definition) is 3. The molecule has 1 aliphatic carbocycles. The summed E-state index contributed by atoms with van der Waals surface area (Å²) in [5.74, 6) is -1.27. The van der Waals surface area contributed by atoms with Crippen molar-refractivity contribution < 1.29 is 48.4 Å². The first-order valence-corrected chi connectivity index (χ1v) is 16.0. The molecule has 1 amide bonds. The summed E-state index contributed by atoms with van der Waals surface area (Å²) < 4.78 is 22.9. The van der Waals surface area contributed by atoms with Gasteiger partial charge in [0.2, 0.25) is 5.91 Å². The molecule has 12 heteroatoms. The van der Waals surface area contributed by atoms with E-state index >= 15 is 0 Å². The van der Waals surface area contributed by atoms with Crippen molar-refractivity contribution in [1.82, 2.24) is 10.4 Å². The number of nitrogens with one attached hydrogen (secondary N) is 1. The number of para-hydroxylation sites is 1. The first kappa shape index (κ1) is 33.1. The molecule has 252 valence electrons. The SMILES string of the molecule is CC(C)(C)OC(=O)CCC(CO)NC(=O)C12CC3OC(=O)C1N(Cc1cccc(C=CCc4ccccc4O)c1)OC2C1OCOC31. The minimum absolute atomic E-state index is 0.00509. The van der Waals surface area contributed by atoms with Crippen molar-refractivity contribution in [2.45, 2.75) is 95.1 Å². The predicted molar refractivity (Wildman–Crippen MR) is 167 cm³/mol. The topological polar surface area (TPSA) is 153 Å². The smallest absolute Gasteiger partial charge is 0.327 e. The number of hydrogen-bond acceptors (Lipinski definition) is 11. The number of nitrogens with zero attached hydrogens (tertiary/aromatic N) is 1. The van der Waals surface area contributed by atoms with Crippen molar-refractivity contribution in [2.24, 2.45) is 5.41 Å². The lowest BCUT2D eigenvalue weighted by atomic mass is 9.62. The van der Waals surface area contributed by atoms with E-state index in [-0.39, 0.29) is 38.3 Å². The zero-order chi connectivity index (χ0) is 33.3. The fourth-order valence-corrected chi connectivity index (χ4v) is 7.03. The lowest BCUT2D eigenvalue weighted by Gasteiger charge is -2.49. The van der Waals surface area contributed by atoms with E-state index in [9.17, 15) is 24.6 Å². The molecule has 0 spiro atoms. The van der Waals surface area contributed by atoms with Crippen molar-refractivity contribution in [2.75, 3.05) is 13.4 Å². The summed E-state index contributed by atoms with van der Waals surface area (Å²) in [6.45, 7) is 5.06. The summed E-state index contributed by atoms with van der Waals surface area (Å²) >= 11 is 0.